The minimum absolute atomic E-state index is 0.0117. The fourth-order valence-corrected chi connectivity index (χ4v) is 2.09. The van der Waals surface area contributed by atoms with Gasteiger partial charge >= 0.3 is 0 Å². The molecule has 8 heteroatoms. The fraction of sp³-hybridized carbons (Fsp3) is 0.312. The van der Waals surface area contributed by atoms with E-state index in [0.29, 0.717) is 11.9 Å². The van der Waals surface area contributed by atoms with Crippen LogP contribution in [0.3, 0.4) is 0 Å². The normalized spacial score (nSPS) is 10.7. The second-order valence-electron chi connectivity index (χ2n) is 5.43. The maximum Gasteiger partial charge on any atom is 0.254 e. The highest BCUT2D eigenvalue weighted by molar-refractivity contribution is 5.95. The predicted octanol–water partition coefficient (Wildman–Crippen LogP) is 2.50. The number of aromatic nitrogens is 2. The van der Waals surface area contributed by atoms with Crippen molar-refractivity contribution in [2.75, 3.05) is 11.9 Å². The maximum atomic E-state index is 13.5. The molecule has 6 nitrogen and oxygen atoms in total. The van der Waals surface area contributed by atoms with E-state index in [1.165, 1.54) is 0 Å². The second-order valence-corrected chi connectivity index (χ2v) is 5.43. The van der Waals surface area contributed by atoms with Gasteiger partial charge in [0.1, 0.15) is 17.5 Å². The maximum absolute atomic E-state index is 13.5. The van der Waals surface area contributed by atoms with Crippen LogP contribution < -0.4 is 10.6 Å². The van der Waals surface area contributed by atoms with Gasteiger partial charge in [-0.05, 0) is 26.0 Å². The molecule has 2 amide bonds. The first kappa shape index (κ1) is 17.6. The van der Waals surface area contributed by atoms with Crippen molar-refractivity contribution in [2.45, 2.75) is 26.3 Å². The Balaban J connectivity index is 1.84. The molecule has 24 heavy (non-hydrogen) atoms. The van der Waals surface area contributed by atoms with Gasteiger partial charge in [0, 0.05) is 31.1 Å². The molecule has 0 aliphatic carbocycles. The van der Waals surface area contributed by atoms with Crippen LogP contribution in [0.4, 0.5) is 14.6 Å². The number of rotatable bonds is 6. The van der Waals surface area contributed by atoms with Gasteiger partial charge in [-0.2, -0.15) is 5.10 Å². The Morgan fingerprint density at radius 1 is 1.25 bits per heavy atom. The summed E-state index contributed by atoms with van der Waals surface area (Å²) in [5.74, 6) is -2.15. The van der Waals surface area contributed by atoms with Crippen LogP contribution in [0.5, 0.6) is 0 Å². The molecule has 0 spiro atoms. The molecule has 0 saturated heterocycles. The molecule has 0 saturated carbocycles. The first-order valence-electron chi connectivity index (χ1n) is 7.45. The first-order chi connectivity index (χ1) is 11.4. The summed E-state index contributed by atoms with van der Waals surface area (Å²) in [6.45, 7) is 3.89. The summed E-state index contributed by atoms with van der Waals surface area (Å²) in [5.41, 5.74) is -0.269. The molecule has 1 heterocycles. The lowest BCUT2D eigenvalue weighted by Crippen LogP contribution is -2.28. The number of amides is 2. The molecule has 1 aromatic heterocycles. The zero-order chi connectivity index (χ0) is 17.7. The van der Waals surface area contributed by atoms with Gasteiger partial charge in [-0.3, -0.25) is 9.59 Å². The van der Waals surface area contributed by atoms with Crippen LogP contribution in [0, 0.1) is 11.6 Å². The predicted molar refractivity (Wildman–Crippen MR) is 84.5 cm³/mol. The van der Waals surface area contributed by atoms with Gasteiger partial charge < -0.3 is 10.6 Å². The quantitative estimate of drug-likeness (QED) is 0.851. The molecule has 2 rings (SSSR count). The van der Waals surface area contributed by atoms with Crippen molar-refractivity contribution >= 4 is 17.6 Å². The molecule has 0 aliphatic heterocycles. The van der Waals surface area contributed by atoms with Crippen molar-refractivity contribution in [1.82, 2.24) is 15.1 Å². The lowest BCUT2D eigenvalue weighted by Gasteiger charge is -2.12. The lowest BCUT2D eigenvalue weighted by molar-refractivity contribution is -0.116. The molecule has 0 fully saturated rings. The molecular formula is C16H18F2N4O2. The van der Waals surface area contributed by atoms with Crippen molar-refractivity contribution in [1.29, 1.82) is 0 Å². The third-order valence-corrected chi connectivity index (χ3v) is 3.24. The third kappa shape index (κ3) is 4.37. The topological polar surface area (TPSA) is 76.0 Å². The van der Waals surface area contributed by atoms with Crippen molar-refractivity contribution in [3.8, 4) is 0 Å². The van der Waals surface area contributed by atoms with Crippen LogP contribution in [0.1, 0.15) is 36.7 Å². The summed E-state index contributed by atoms with van der Waals surface area (Å²) in [5, 5.41) is 9.21. The minimum Gasteiger partial charge on any atom is -0.351 e. The van der Waals surface area contributed by atoms with Gasteiger partial charge in [0.05, 0.1) is 11.8 Å². The molecule has 0 radical (unpaired) electrons. The summed E-state index contributed by atoms with van der Waals surface area (Å²) in [6, 6.07) is 4.45. The smallest absolute Gasteiger partial charge is 0.254 e. The SMILES string of the molecule is CC(C)n1nccc1NC(=O)CCNC(=O)c1ccc(F)cc1F. The van der Waals surface area contributed by atoms with Crippen LogP contribution in [-0.4, -0.2) is 28.1 Å². The Kier molecular flexibility index (Phi) is 5.62. The van der Waals surface area contributed by atoms with E-state index in [1.807, 2.05) is 13.8 Å². The Morgan fingerprint density at radius 3 is 2.67 bits per heavy atom. The summed E-state index contributed by atoms with van der Waals surface area (Å²) >= 11 is 0. The van der Waals surface area contributed by atoms with E-state index in [1.54, 1.807) is 16.9 Å². The van der Waals surface area contributed by atoms with Crippen molar-refractivity contribution in [3.05, 3.63) is 47.7 Å². The number of anilines is 1. The van der Waals surface area contributed by atoms with Crippen molar-refractivity contribution in [2.24, 2.45) is 0 Å². The number of benzene rings is 1. The van der Waals surface area contributed by atoms with Crippen molar-refractivity contribution < 1.29 is 18.4 Å². The zero-order valence-corrected chi connectivity index (χ0v) is 13.3. The molecule has 2 aromatic rings. The number of halogens is 2. The van der Waals surface area contributed by atoms with Gasteiger partial charge in [0.25, 0.3) is 5.91 Å². The van der Waals surface area contributed by atoms with Gasteiger partial charge in [0.15, 0.2) is 0 Å². The van der Waals surface area contributed by atoms with E-state index < -0.39 is 17.5 Å². The highest BCUT2D eigenvalue weighted by atomic mass is 19.1. The fourth-order valence-electron chi connectivity index (χ4n) is 2.09. The molecular weight excluding hydrogens is 318 g/mol. The molecule has 1 aromatic carbocycles. The van der Waals surface area contributed by atoms with E-state index in [0.717, 1.165) is 12.1 Å². The van der Waals surface area contributed by atoms with E-state index >= 15 is 0 Å². The Morgan fingerprint density at radius 2 is 2.00 bits per heavy atom. The van der Waals surface area contributed by atoms with Gasteiger partial charge in [0.2, 0.25) is 5.91 Å². The van der Waals surface area contributed by atoms with Gasteiger partial charge in [-0.25, -0.2) is 13.5 Å². The van der Waals surface area contributed by atoms with Crippen LogP contribution in [-0.2, 0) is 4.79 Å². The number of hydrogen-bond acceptors (Lipinski definition) is 3. The molecule has 0 aliphatic rings. The molecule has 2 N–H and O–H groups in total. The number of hydrogen-bond donors (Lipinski definition) is 2. The number of carbonyl (C=O) groups excluding carboxylic acids is 2. The summed E-state index contributed by atoms with van der Waals surface area (Å²) in [6.07, 6.45) is 1.59. The third-order valence-electron chi connectivity index (χ3n) is 3.24. The lowest BCUT2D eigenvalue weighted by atomic mass is 10.2. The monoisotopic (exact) mass is 336 g/mol. The molecule has 0 bridgehead atoms. The van der Waals surface area contributed by atoms with Crippen LogP contribution >= 0.6 is 0 Å². The van der Waals surface area contributed by atoms with Crippen molar-refractivity contribution in [3.63, 3.8) is 0 Å². The molecule has 0 atom stereocenters. The average Bonchev–Trinajstić information content (AvgIpc) is 2.95. The largest absolute Gasteiger partial charge is 0.351 e. The van der Waals surface area contributed by atoms with E-state index in [-0.39, 0.29) is 30.5 Å². The number of carbonyl (C=O) groups is 2. The molecule has 0 unspecified atom stereocenters. The second kappa shape index (κ2) is 7.67. The zero-order valence-electron chi connectivity index (χ0n) is 13.3. The average molecular weight is 336 g/mol. The Bertz CT molecular complexity index is 743. The number of nitrogens with one attached hydrogen (secondary N) is 2. The van der Waals surface area contributed by atoms with Gasteiger partial charge in [-0.15, -0.1) is 0 Å². The minimum atomic E-state index is -0.946. The highest BCUT2D eigenvalue weighted by Gasteiger charge is 2.13. The van der Waals surface area contributed by atoms with E-state index in [9.17, 15) is 18.4 Å². The summed E-state index contributed by atoms with van der Waals surface area (Å²) < 4.78 is 27.9. The van der Waals surface area contributed by atoms with Crippen LogP contribution in [0.25, 0.3) is 0 Å². The number of nitrogens with zero attached hydrogens (tertiary/aromatic N) is 2. The Labute approximate surface area is 137 Å². The molecule has 128 valence electrons. The standard InChI is InChI=1S/C16H18F2N4O2/c1-10(2)22-14(5-8-20-22)21-15(23)6-7-19-16(24)12-4-3-11(17)9-13(12)18/h3-5,8-10H,6-7H2,1-2H3,(H,19,24)(H,21,23). The Hall–Kier alpha value is -2.77. The van der Waals surface area contributed by atoms with E-state index in [2.05, 4.69) is 15.7 Å². The summed E-state index contributed by atoms with van der Waals surface area (Å²) in [4.78, 5) is 23.7. The van der Waals surface area contributed by atoms with Gasteiger partial charge in [-0.1, -0.05) is 0 Å². The van der Waals surface area contributed by atoms with Crippen LogP contribution in [0.2, 0.25) is 0 Å². The van der Waals surface area contributed by atoms with E-state index in [4.69, 9.17) is 0 Å². The van der Waals surface area contributed by atoms with Crippen LogP contribution in [0.15, 0.2) is 30.5 Å². The summed E-state index contributed by atoms with van der Waals surface area (Å²) in [7, 11) is 0. The first-order valence-corrected chi connectivity index (χ1v) is 7.45. The highest BCUT2D eigenvalue weighted by Crippen LogP contribution is 2.13.